The molecule has 1 atom stereocenters. The van der Waals surface area contributed by atoms with Crippen molar-refractivity contribution in [1.82, 2.24) is 14.3 Å². The molecule has 1 saturated heterocycles. The fourth-order valence-electron chi connectivity index (χ4n) is 2.29. The molecule has 1 aromatic heterocycles. The summed E-state index contributed by atoms with van der Waals surface area (Å²) in [6.07, 6.45) is 2.58. The molecule has 0 aromatic carbocycles. The number of anilines is 1. The molecule has 8 nitrogen and oxygen atoms in total. The Kier molecular flexibility index (Phi) is 4.43. The van der Waals surface area contributed by atoms with Crippen LogP contribution in [0.1, 0.15) is 5.69 Å². The lowest BCUT2D eigenvalue weighted by molar-refractivity contribution is -0.121. The van der Waals surface area contributed by atoms with Gasteiger partial charge in [0, 0.05) is 37.9 Å². The van der Waals surface area contributed by atoms with Gasteiger partial charge in [-0.1, -0.05) is 0 Å². The topological polar surface area (TPSA) is 109 Å². The van der Waals surface area contributed by atoms with E-state index in [-0.39, 0.29) is 6.54 Å². The van der Waals surface area contributed by atoms with Crippen LogP contribution in [0.15, 0.2) is 12.4 Å². The number of carbonyl (C=O) groups excluding carboxylic acids is 1. The monoisotopic (exact) mass is 313 g/mol. The molecule has 9 heteroatoms. The lowest BCUT2D eigenvalue weighted by Crippen LogP contribution is -2.40. The van der Waals surface area contributed by atoms with Crippen LogP contribution in [0.25, 0.3) is 0 Å². The number of primary amides is 1. The second-order valence-electron chi connectivity index (χ2n) is 5.18. The van der Waals surface area contributed by atoms with Gasteiger partial charge in [0.2, 0.25) is 15.9 Å². The molecule has 0 unspecified atom stereocenters. The molecule has 2 rings (SSSR count). The van der Waals surface area contributed by atoms with E-state index in [1.807, 2.05) is 11.8 Å². The van der Waals surface area contributed by atoms with Gasteiger partial charge in [0.1, 0.15) is 12.1 Å². The summed E-state index contributed by atoms with van der Waals surface area (Å²) < 4.78 is 24.8. The van der Waals surface area contributed by atoms with Gasteiger partial charge in [-0.05, 0) is 6.92 Å². The maximum absolute atomic E-state index is 11.7. The number of amides is 1. The highest BCUT2D eigenvalue weighted by atomic mass is 32.2. The molecule has 0 spiro atoms. The van der Waals surface area contributed by atoms with E-state index in [9.17, 15) is 13.2 Å². The molecule has 2 N–H and O–H groups in total. The van der Waals surface area contributed by atoms with E-state index in [1.165, 1.54) is 10.6 Å². The van der Waals surface area contributed by atoms with Gasteiger partial charge >= 0.3 is 0 Å². The number of nitrogens with two attached hydrogens (primary N) is 1. The zero-order valence-corrected chi connectivity index (χ0v) is 12.9. The number of sulfonamides is 1. The van der Waals surface area contributed by atoms with Gasteiger partial charge in [-0.3, -0.25) is 4.79 Å². The smallest absolute Gasteiger partial charge is 0.223 e. The third kappa shape index (κ3) is 3.88. The number of aryl methyl sites for hydroxylation is 1. The summed E-state index contributed by atoms with van der Waals surface area (Å²) in [7, 11) is -3.36. The van der Waals surface area contributed by atoms with Gasteiger partial charge < -0.3 is 10.6 Å². The van der Waals surface area contributed by atoms with Gasteiger partial charge in [-0.15, -0.1) is 0 Å². The van der Waals surface area contributed by atoms with E-state index in [1.54, 1.807) is 6.07 Å². The Hall–Kier alpha value is -1.74. The highest BCUT2D eigenvalue weighted by Crippen LogP contribution is 2.18. The van der Waals surface area contributed by atoms with Crippen molar-refractivity contribution in [3.63, 3.8) is 0 Å². The molecule has 1 fully saturated rings. The summed E-state index contributed by atoms with van der Waals surface area (Å²) in [5.74, 6) is -0.414. The van der Waals surface area contributed by atoms with Crippen molar-refractivity contribution in [2.75, 3.05) is 37.3 Å². The highest BCUT2D eigenvalue weighted by molar-refractivity contribution is 7.88. The van der Waals surface area contributed by atoms with Crippen molar-refractivity contribution in [2.24, 2.45) is 11.7 Å². The van der Waals surface area contributed by atoms with Crippen molar-refractivity contribution in [2.45, 2.75) is 6.92 Å². The summed E-state index contributed by atoms with van der Waals surface area (Å²) in [4.78, 5) is 21.6. The summed E-state index contributed by atoms with van der Waals surface area (Å²) in [6.45, 7) is 3.04. The minimum Gasteiger partial charge on any atom is -0.369 e. The van der Waals surface area contributed by atoms with Crippen LogP contribution < -0.4 is 10.6 Å². The van der Waals surface area contributed by atoms with Crippen LogP contribution in [0, 0.1) is 12.8 Å². The number of aromatic nitrogens is 2. The third-order valence-corrected chi connectivity index (χ3v) is 4.74. The maximum Gasteiger partial charge on any atom is 0.223 e. The Labute approximate surface area is 124 Å². The Balaban J connectivity index is 2.28. The van der Waals surface area contributed by atoms with Crippen molar-refractivity contribution in [3.8, 4) is 0 Å². The highest BCUT2D eigenvalue weighted by Gasteiger charge is 2.31. The largest absolute Gasteiger partial charge is 0.369 e. The normalized spacial score (nSPS) is 21.0. The third-order valence-electron chi connectivity index (χ3n) is 3.47. The van der Waals surface area contributed by atoms with Crippen molar-refractivity contribution >= 4 is 21.7 Å². The Bertz CT molecular complexity index is 634. The zero-order chi connectivity index (χ0) is 15.6. The van der Waals surface area contributed by atoms with Crippen LogP contribution >= 0.6 is 0 Å². The van der Waals surface area contributed by atoms with E-state index in [0.717, 1.165) is 11.9 Å². The van der Waals surface area contributed by atoms with Gasteiger partial charge in [0.15, 0.2) is 0 Å². The molecule has 1 aromatic rings. The van der Waals surface area contributed by atoms with E-state index < -0.39 is 21.8 Å². The van der Waals surface area contributed by atoms with Crippen molar-refractivity contribution in [3.05, 3.63) is 18.1 Å². The van der Waals surface area contributed by atoms with E-state index >= 15 is 0 Å². The Morgan fingerprint density at radius 2 is 2.05 bits per heavy atom. The van der Waals surface area contributed by atoms with Crippen LogP contribution in [0.3, 0.4) is 0 Å². The molecule has 21 heavy (non-hydrogen) atoms. The average molecular weight is 313 g/mol. The first-order valence-corrected chi connectivity index (χ1v) is 8.40. The van der Waals surface area contributed by atoms with E-state index in [0.29, 0.717) is 25.5 Å². The van der Waals surface area contributed by atoms with Crippen LogP contribution in [0.2, 0.25) is 0 Å². The molecule has 2 heterocycles. The summed E-state index contributed by atoms with van der Waals surface area (Å²) >= 11 is 0. The van der Waals surface area contributed by atoms with Gasteiger partial charge in [-0.25, -0.2) is 18.4 Å². The van der Waals surface area contributed by atoms with E-state index in [4.69, 9.17) is 5.73 Å². The minimum absolute atomic E-state index is 0.106. The average Bonchev–Trinajstić information content (AvgIpc) is 2.61. The molecule has 1 aliphatic heterocycles. The Morgan fingerprint density at radius 3 is 2.62 bits per heavy atom. The van der Waals surface area contributed by atoms with Crippen molar-refractivity contribution in [1.29, 1.82) is 0 Å². The second-order valence-corrected chi connectivity index (χ2v) is 7.17. The van der Waals surface area contributed by atoms with Crippen molar-refractivity contribution < 1.29 is 13.2 Å². The lowest BCUT2D eigenvalue weighted by Gasteiger charge is -2.23. The van der Waals surface area contributed by atoms with Crippen LogP contribution in [0.5, 0.6) is 0 Å². The number of nitrogens with zero attached hydrogens (tertiary/aromatic N) is 4. The molecular formula is C12H19N5O3S. The molecular weight excluding hydrogens is 294 g/mol. The fourth-order valence-corrected chi connectivity index (χ4v) is 3.15. The first-order valence-electron chi connectivity index (χ1n) is 6.55. The number of carbonyl (C=O) groups is 1. The molecule has 0 saturated carbocycles. The summed E-state index contributed by atoms with van der Waals surface area (Å²) in [6, 6.07) is 1.80. The molecule has 0 aliphatic carbocycles. The van der Waals surface area contributed by atoms with Crippen LogP contribution in [-0.4, -0.2) is 61.0 Å². The first-order chi connectivity index (χ1) is 9.77. The molecule has 1 amide bonds. The van der Waals surface area contributed by atoms with Crippen LogP contribution in [0.4, 0.5) is 5.82 Å². The minimum atomic E-state index is -3.36. The first kappa shape index (κ1) is 15.6. The quantitative estimate of drug-likeness (QED) is 0.764. The van der Waals surface area contributed by atoms with Gasteiger partial charge in [-0.2, -0.15) is 4.31 Å². The number of rotatable bonds is 3. The number of hydrogen-bond donors (Lipinski definition) is 1. The predicted molar refractivity (Wildman–Crippen MR) is 78.1 cm³/mol. The second kappa shape index (κ2) is 5.94. The molecule has 116 valence electrons. The van der Waals surface area contributed by atoms with Gasteiger partial charge in [0.05, 0.1) is 12.2 Å². The SMILES string of the molecule is Cc1cc(N2CCN(S(C)(=O)=O)C[C@@H](C(N)=O)C2)ncn1. The predicted octanol–water partition coefficient (Wildman–Crippen LogP) is -1.03. The van der Waals surface area contributed by atoms with Crippen LogP contribution in [-0.2, 0) is 14.8 Å². The zero-order valence-electron chi connectivity index (χ0n) is 12.1. The molecule has 1 aliphatic rings. The molecule has 0 radical (unpaired) electrons. The van der Waals surface area contributed by atoms with Gasteiger partial charge in [0.25, 0.3) is 0 Å². The summed E-state index contributed by atoms with van der Waals surface area (Å²) in [5, 5.41) is 0. The fraction of sp³-hybridized carbons (Fsp3) is 0.583. The van der Waals surface area contributed by atoms with E-state index in [2.05, 4.69) is 9.97 Å². The number of hydrogen-bond acceptors (Lipinski definition) is 6. The Morgan fingerprint density at radius 1 is 1.33 bits per heavy atom. The lowest BCUT2D eigenvalue weighted by atomic mass is 10.1. The standard InChI is InChI=1S/C12H19N5O3S/c1-9-5-11(15-8-14-9)16-3-4-17(21(2,19)20)7-10(6-16)12(13)18/h5,8,10H,3-4,6-7H2,1-2H3,(H2,13,18)/t10-/m0/s1. The maximum atomic E-state index is 11.7. The summed E-state index contributed by atoms with van der Waals surface area (Å²) in [5.41, 5.74) is 6.20. The molecule has 0 bridgehead atoms.